The van der Waals surface area contributed by atoms with Gasteiger partial charge in [-0.2, -0.15) is 0 Å². The lowest BCUT2D eigenvalue weighted by Crippen LogP contribution is -2.22. The molecule has 0 aromatic carbocycles. The summed E-state index contributed by atoms with van der Waals surface area (Å²) in [5.74, 6) is 0. The van der Waals surface area contributed by atoms with Gasteiger partial charge < -0.3 is 0 Å². The van der Waals surface area contributed by atoms with Crippen LogP contribution in [-0.4, -0.2) is 11.8 Å². The highest BCUT2D eigenvalue weighted by Gasteiger charge is 2.47. The van der Waals surface area contributed by atoms with Crippen molar-refractivity contribution in [3.8, 4) is 0 Å². The number of hydrogen-bond acceptors (Lipinski definition) is 1. The number of aliphatic imine (C=N–C) groups is 1. The van der Waals surface area contributed by atoms with E-state index in [2.05, 4.69) is 64.9 Å². The van der Waals surface area contributed by atoms with E-state index in [0.29, 0.717) is 0 Å². The van der Waals surface area contributed by atoms with Gasteiger partial charge in [-0.05, 0) is 28.1 Å². The maximum Gasteiger partial charge on any atom is 0.136 e. The van der Waals surface area contributed by atoms with Gasteiger partial charge in [0.25, 0.3) is 0 Å². The van der Waals surface area contributed by atoms with Gasteiger partial charge in [0.15, 0.2) is 0 Å². The van der Waals surface area contributed by atoms with Crippen LogP contribution in [0.2, 0.25) is 0 Å². The molecule has 0 unspecified atom stereocenters. The zero-order chi connectivity index (χ0) is 11.5. The van der Waals surface area contributed by atoms with Crippen LogP contribution < -0.4 is 0 Å². The van der Waals surface area contributed by atoms with E-state index in [9.17, 15) is 0 Å². The largest absolute Gasteiger partial charge is 0.273 e. The summed E-state index contributed by atoms with van der Waals surface area (Å²) in [5.41, 5.74) is 3.28. The molecule has 15 heavy (non-hydrogen) atoms. The van der Waals surface area contributed by atoms with Crippen molar-refractivity contribution in [2.45, 2.75) is 47.1 Å². The average Bonchev–Trinajstić information content (AvgIpc) is 2.56. The van der Waals surface area contributed by atoms with Crippen LogP contribution in [0.3, 0.4) is 0 Å². The standard InChI is InChI=1S/C14H21N/c1-12(2,3)10-7-11(13(4,5)6)14(8-10)9-15-14/h7-9H,1-6H3/t14-/m1/s1. The second kappa shape index (κ2) is 2.63. The Hall–Kier alpha value is -0.850. The van der Waals surface area contributed by atoms with Gasteiger partial charge in [0.05, 0.1) is 0 Å². The molecule has 1 heterocycles. The molecule has 0 fully saturated rings. The van der Waals surface area contributed by atoms with Crippen molar-refractivity contribution in [1.29, 1.82) is 0 Å². The van der Waals surface area contributed by atoms with E-state index in [4.69, 9.17) is 0 Å². The first-order valence-corrected chi connectivity index (χ1v) is 5.68. The molecule has 0 radical (unpaired) electrons. The Bertz CT molecular complexity index is 375. The van der Waals surface area contributed by atoms with Gasteiger partial charge in [0, 0.05) is 6.21 Å². The third kappa shape index (κ3) is 1.68. The van der Waals surface area contributed by atoms with E-state index in [0.717, 1.165) is 0 Å². The highest BCUT2D eigenvalue weighted by molar-refractivity contribution is 5.94. The fraction of sp³-hybridized carbons (Fsp3) is 0.643. The molecule has 0 aromatic rings. The summed E-state index contributed by atoms with van der Waals surface area (Å²) < 4.78 is 0. The molecular weight excluding hydrogens is 182 g/mol. The van der Waals surface area contributed by atoms with Crippen molar-refractivity contribution in [2.24, 2.45) is 15.8 Å². The topological polar surface area (TPSA) is 12.4 Å². The molecule has 0 saturated heterocycles. The molecule has 82 valence electrons. The molecule has 2 rings (SSSR count). The molecule has 0 N–H and O–H groups in total. The van der Waals surface area contributed by atoms with E-state index in [-0.39, 0.29) is 16.4 Å². The van der Waals surface area contributed by atoms with Crippen molar-refractivity contribution in [2.75, 3.05) is 0 Å². The van der Waals surface area contributed by atoms with Crippen LogP contribution in [0.5, 0.6) is 0 Å². The SMILES string of the molecule is CC(C)(C)C1=C[C@@]2(C=N2)C(C(C)(C)C)=C1. The minimum Gasteiger partial charge on any atom is -0.273 e. The molecule has 0 aromatic heterocycles. The van der Waals surface area contributed by atoms with Gasteiger partial charge in [-0.1, -0.05) is 47.6 Å². The number of nitrogens with zero attached hydrogens (tertiary/aromatic N) is 1. The Labute approximate surface area is 93.0 Å². The zero-order valence-corrected chi connectivity index (χ0v) is 10.7. The third-order valence-corrected chi connectivity index (χ3v) is 3.19. The number of hydrogen-bond donors (Lipinski definition) is 0. The number of allylic oxidation sites excluding steroid dienone is 2. The highest BCUT2D eigenvalue weighted by atomic mass is 15.0. The van der Waals surface area contributed by atoms with Gasteiger partial charge in [0.2, 0.25) is 0 Å². The minimum absolute atomic E-state index is 0.0269. The summed E-state index contributed by atoms with van der Waals surface area (Å²) >= 11 is 0. The lowest BCUT2D eigenvalue weighted by atomic mass is 9.79. The monoisotopic (exact) mass is 203 g/mol. The highest BCUT2D eigenvalue weighted by Crippen LogP contribution is 2.49. The zero-order valence-electron chi connectivity index (χ0n) is 10.7. The van der Waals surface area contributed by atoms with Gasteiger partial charge in [-0.3, -0.25) is 4.99 Å². The Morgan fingerprint density at radius 3 is 1.80 bits per heavy atom. The minimum atomic E-state index is -0.0269. The lowest BCUT2D eigenvalue weighted by Gasteiger charge is -2.25. The molecule has 1 spiro atoms. The van der Waals surface area contributed by atoms with Crippen LogP contribution in [0, 0.1) is 10.8 Å². The molecule has 0 amide bonds. The normalized spacial score (nSPS) is 29.5. The molecule has 1 heteroatoms. The second-order valence-corrected chi connectivity index (χ2v) is 6.74. The van der Waals surface area contributed by atoms with Crippen molar-refractivity contribution >= 4 is 6.21 Å². The Kier molecular flexibility index (Phi) is 1.87. The predicted molar refractivity (Wildman–Crippen MR) is 66.3 cm³/mol. The van der Waals surface area contributed by atoms with Crippen molar-refractivity contribution in [3.05, 3.63) is 23.3 Å². The van der Waals surface area contributed by atoms with Crippen molar-refractivity contribution in [1.82, 2.24) is 0 Å². The van der Waals surface area contributed by atoms with Crippen LogP contribution >= 0.6 is 0 Å². The second-order valence-electron chi connectivity index (χ2n) is 6.74. The first-order chi connectivity index (χ1) is 6.65. The van der Waals surface area contributed by atoms with E-state index < -0.39 is 0 Å². The average molecular weight is 203 g/mol. The molecule has 1 atom stereocenters. The Morgan fingerprint density at radius 1 is 1.00 bits per heavy atom. The van der Waals surface area contributed by atoms with E-state index in [1.807, 2.05) is 0 Å². The van der Waals surface area contributed by atoms with E-state index in [1.54, 1.807) is 0 Å². The van der Waals surface area contributed by atoms with Crippen LogP contribution in [0.4, 0.5) is 0 Å². The molecule has 2 aliphatic rings. The summed E-state index contributed by atoms with van der Waals surface area (Å²) in [5, 5.41) is 0. The maximum atomic E-state index is 4.48. The van der Waals surface area contributed by atoms with Crippen LogP contribution in [-0.2, 0) is 0 Å². The Morgan fingerprint density at radius 2 is 1.53 bits per heavy atom. The molecule has 0 saturated carbocycles. The smallest absolute Gasteiger partial charge is 0.136 e. The van der Waals surface area contributed by atoms with Crippen LogP contribution in [0.1, 0.15) is 41.5 Å². The predicted octanol–water partition coefficient (Wildman–Crippen LogP) is 3.77. The van der Waals surface area contributed by atoms with Crippen molar-refractivity contribution in [3.63, 3.8) is 0 Å². The molecule has 1 nitrogen and oxygen atoms in total. The van der Waals surface area contributed by atoms with E-state index >= 15 is 0 Å². The van der Waals surface area contributed by atoms with Crippen LogP contribution in [0.25, 0.3) is 0 Å². The number of rotatable bonds is 0. The maximum absolute atomic E-state index is 4.48. The summed E-state index contributed by atoms with van der Waals surface area (Å²) in [7, 11) is 0. The van der Waals surface area contributed by atoms with Gasteiger partial charge in [0.1, 0.15) is 5.54 Å². The van der Waals surface area contributed by atoms with Gasteiger partial charge in [-0.25, -0.2) is 0 Å². The summed E-state index contributed by atoms with van der Waals surface area (Å²) in [6, 6.07) is 0. The van der Waals surface area contributed by atoms with E-state index in [1.165, 1.54) is 11.1 Å². The first-order valence-electron chi connectivity index (χ1n) is 5.68. The summed E-state index contributed by atoms with van der Waals surface area (Å²) in [4.78, 5) is 4.48. The quantitative estimate of drug-likeness (QED) is 0.568. The Balaban J connectivity index is 2.38. The molecule has 0 bridgehead atoms. The molecule has 1 aliphatic carbocycles. The first kappa shape index (κ1) is 10.7. The summed E-state index contributed by atoms with van der Waals surface area (Å²) in [6.45, 7) is 13.6. The lowest BCUT2D eigenvalue weighted by molar-refractivity contribution is 0.479. The summed E-state index contributed by atoms with van der Waals surface area (Å²) in [6.07, 6.45) is 6.75. The fourth-order valence-corrected chi connectivity index (χ4v) is 2.16. The third-order valence-electron chi connectivity index (χ3n) is 3.19. The van der Waals surface area contributed by atoms with Gasteiger partial charge >= 0.3 is 0 Å². The fourth-order valence-electron chi connectivity index (χ4n) is 2.16. The van der Waals surface area contributed by atoms with Gasteiger partial charge in [-0.15, -0.1) is 0 Å². The molecular formula is C14H21N. The van der Waals surface area contributed by atoms with Crippen molar-refractivity contribution < 1.29 is 0 Å². The molecule has 1 aliphatic heterocycles. The van der Waals surface area contributed by atoms with Crippen LogP contribution in [0.15, 0.2) is 28.3 Å².